The number of hydrogen-bond donors (Lipinski definition) is 10. The lowest BCUT2D eigenvalue weighted by molar-refractivity contribution is -0.157. The van der Waals surface area contributed by atoms with E-state index in [1.165, 1.54) is 19.9 Å². The van der Waals surface area contributed by atoms with Gasteiger partial charge in [-0.3, -0.25) is 19.2 Å². The van der Waals surface area contributed by atoms with Crippen LogP contribution in [0.25, 0.3) is 21.5 Å². The van der Waals surface area contributed by atoms with E-state index in [9.17, 15) is 65.4 Å². The molecule has 4 aromatic rings. The molecule has 1 saturated heterocycles. The molecule has 0 bridgehead atoms. The molecule has 17 nitrogen and oxygen atoms in total. The standard InChI is InChI=1S/C73H94O17/c1-39(19-15-22-41(3)27-29-51(77)69(9,10)85)20-16-23-43(5)32-34-73(87)65(81)55-49(75)35-44(6)53-57(55)60(68(73)84)64(46(8)63(53)80)88-38-48-36-50(76)56-58-54(48)61(78)45(7)62(79)59(58)67(83)72(86,66(56)82)33-31-42(4)24-17-21-40(2)25-18-26-47(37-74)28-30-52-70(11,12)90-71(13,14)89-52/h20-22,26,31-32,35-36,51-52,74-80,85-87H,15-19,23-25,27-30,33-34,37-38H2,1-14H3/b39-20+,40-21+,41-22+,42-31+,43-32+,47-26-. The number of carbonyl (C=O) groups excluding carboxylic acids is 4. The van der Waals surface area contributed by atoms with Gasteiger partial charge in [-0.2, -0.15) is 0 Å². The minimum Gasteiger partial charge on any atom is -0.507 e. The molecule has 0 amide bonds. The second kappa shape index (κ2) is 27.5. The highest BCUT2D eigenvalue weighted by atomic mass is 16.8. The molecule has 10 N–H and O–H groups in total. The van der Waals surface area contributed by atoms with E-state index < -0.39 is 122 Å². The molecule has 4 aromatic carbocycles. The Morgan fingerprint density at radius 3 is 1.52 bits per heavy atom. The maximum Gasteiger partial charge on any atom is 0.207 e. The number of hydrogen-bond acceptors (Lipinski definition) is 17. The zero-order valence-corrected chi connectivity index (χ0v) is 54.9. The molecule has 1 fully saturated rings. The zero-order chi connectivity index (χ0) is 66.9. The highest BCUT2D eigenvalue weighted by Crippen LogP contribution is 2.53. The lowest BCUT2D eigenvalue weighted by atomic mass is 9.72. The van der Waals surface area contributed by atoms with Gasteiger partial charge in [0.2, 0.25) is 23.1 Å². The van der Waals surface area contributed by atoms with Gasteiger partial charge in [-0.1, -0.05) is 64.3 Å². The maximum atomic E-state index is 15.0. The fourth-order valence-electron chi connectivity index (χ4n) is 12.7. The number of Topliss-reactive ketones (excluding diaryl/α,β-unsaturated/α-hetero) is 4. The van der Waals surface area contributed by atoms with Crippen LogP contribution in [0.3, 0.4) is 0 Å². The summed E-state index contributed by atoms with van der Waals surface area (Å²) in [7, 11) is 0. The number of aryl methyl sites for hydroxylation is 1. The second-order valence-corrected chi connectivity index (χ2v) is 27.0. The molecule has 17 heteroatoms. The van der Waals surface area contributed by atoms with Crippen LogP contribution in [0.5, 0.6) is 34.5 Å². The van der Waals surface area contributed by atoms with Crippen molar-refractivity contribution in [3.05, 3.63) is 127 Å². The summed E-state index contributed by atoms with van der Waals surface area (Å²) in [4.78, 5) is 58.6. The molecule has 2 aliphatic carbocycles. The third kappa shape index (κ3) is 14.5. The second-order valence-electron chi connectivity index (χ2n) is 27.0. The molecule has 7 rings (SSSR count). The normalized spacial score (nSPS) is 21.2. The van der Waals surface area contributed by atoms with E-state index in [1.54, 1.807) is 39.8 Å². The van der Waals surface area contributed by atoms with E-state index in [0.717, 1.165) is 65.2 Å². The molecule has 90 heavy (non-hydrogen) atoms. The van der Waals surface area contributed by atoms with Crippen LogP contribution in [0.1, 0.15) is 230 Å². The van der Waals surface area contributed by atoms with Gasteiger partial charge in [0.15, 0.2) is 17.0 Å². The molecule has 488 valence electrons. The number of benzene rings is 4. The average Bonchev–Trinajstić information content (AvgIpc) is 0.841. The summed E-state index contributed by atoms with van der Waals surface area (Å²) in [6.45, 7) is 24.2. The van der Waals surface area contributed by atoms with Gasteiger partial charge < -0.3 is 65.3 Å². The van der Waals surface area contributed by atoms with Crippen molar-refractivity contribution in [2.45, 2.75) is 234 Å². The number of carbonyl (C=O) groups is 4. The van der Waals surface area contributed by atoms with E-state index in [4.69, 9.17) is 14.2 Å². The number of phenolic OH excluding ortho intramolecular Hbond substituents is 5. The highest BCUT2D eigenvalue weighted by molar-refractivity contribution is 6.37. The van der Waals surface area contributed by atoms with Gasteiger partial charge >= 0.3 is 0 Å². The molecule has 4 atom stereocenters. The number of ether oxygens (including phenoxy) is 3. The van der Waals surface area contributed by atoms with E-state index in [1.807, 2.05) is 55.4 Å². The maximum absolute atomic E-state index is 15.0. The van der Waals surface area contributed by atoms with Crippen molar-refractivity contribution in [2.24, 2.45) is 0 Å². The fourth-order valence-corrected chi connectivity index (χ4v) is 12.7. The molecule has 1 aliphatic heterocycles. The zero-order valence-electron chi connectivity index (χ0n) is 54.9. The SMILES string of the molecule is C/C(=C\CC/C(C)=C/CC1(O)C(=O)c2c(O)cc(COc3c(C)c(O)c4c(C)cc(O)c5c4c3C(=O)C(O)(C/C=C(\C)CC/C=C(\C)CC/C=C(\C)CCC(O)C(C)(C)O)C5=O)c3c(O)c(C)c(O)c(c23)C1=O)CC/C=C(\CO)CCC1OC(C)(C)OC1(C)C. The van der Waals surface area contributed by atoms with Gasteiger partial charge in [0.1, 0.15) is 41.1 Å². The van der Waals surface area contributed by atoms with Gasteiger partial charge in [-0.15, -0.1) is 0 Å². The third-order valence-electron chi connectivity index (χ3n) is 18.3. The number of aliphatic hydroxyl groups is 5. The predicted molar refractivity (Wildman–Crippen MR) is 347 cm³/mol. The van der Waals surface area contributed by atoms with E-state index in [-0.39, 0.29) is 62.3 Å². The number of allylic oxidation sites excluding steroid dienone is 9. The number of aliphatic hydroxyl groups excluding tert-OH is 2. The van der Waals surface area contributed by atoms with Gasteiger partial charge in [0.05, 0.1) is 52.3 Å². The lowest BCUT2D eigenvalue weighted by Gasteiger charge is -2.33. The first kappa shape index (κ1) is 70.5. The highest BCUT2D eigenvalue weighted by Gasteiger charge is 2.54. The predicted octanol–water partition coefficient (Wildman–Crippen LogP) is 13.4. The Bertz CT molecular complexity index is 3710. The number of aromatic hydroxyl groups is 5. The van der Waals surface area contributed by atoms with Crippen LogP contribution in [0.4, 0.5) is 0 Å². The Morgan fingerprint density at radius 2 is 1.03 bits per heavy atom. The van der Waals surface area contributed by atoms with Crippen molar-refractivity contribution < 1.29 is 84.5 Å². The van der Waals surface area contributed by atoms with E-state index in [2.05, 4.69) is 24.3 Å². The van der Waals surface area contributed by atoms with Gasteiger partial charge in [0, 0.05) is 51.1 Å². The minimum atomic E-state index is -2.78. The average molecular weight is 1240 g/mol. The molecular weight excluding hydrogens is 1150 g/mol. The Morgan fingerprint density at radius 1 is 0.589 bits per heavy atom. The van der Waals surface area contributed by atoms with Crippen LogP contribution in [0.2, 0.25) is 0 Å². The molecule has 0 radical (unpaired) electrons. The number of phenols is 5. The monoisotopic (exact) mass is 1240 g/mol. The summed E-state index contributed by atoms with van der Waals surface area (Å²) in [5.74, 6) is -8.52. The molecule has 4 unspecified atom stereocenters. The van der Waals surface area contributed by atoms with Crippen molar-refractivity contribution >= 4 is 44.7 Å². The van der Waals surface area contributed by atoms with Gasteiger partial charge in [-0.05, 0) is 197 Å². The smallest absolute Gasteiger partial charge is 0.207 e. The first-order valence-electron chi connectivity index (χ1n) is 31.3. The molecular formula is C73H94O17. The molecule has 3 aliphatic rings. The van der Waals surface area contributed by atoms with Crippen molar-refractivity contribution in [1.82, 2.24) is 0 Å². The van der Waals surface area contributed by atoms with Crippen LogP contribution in [0.15, 0.2) is 82.0 Å². The lowest BCUT2D eigenvalue weighted by Crippen LogP contribution is -2.49. The summed E-state index contributed by atoms with van der Waals surface area (Å²) in [5.41, 5.74) is -3.12. The summed E-state index contributed by atoms with van der Waals surface area (Å²) < 4.78 is 18.6. The van der Waals surface area contributed by atoms with E-state index in [0.29, 0.717) is 56.9 Å². The molecule has 0 saturated carbocycles. The largest absolute Gasteiger partial charge is 0.507 e. The summed E-state index contributed by atoms with van der Waals surface area (Å²) in [5, 5.41) is 113. The Hall–Kier alpha value is -6.96. The quantitative estimate of drug-likeness (QED) is 0.0196. The van der Waals surface area contributed by atoms with Crippen LogP contribution in [-0.2, 0) is 16.1 Å². The summed E-state index contributed by atoms with van der Waals surface area (Å²) in [6.07, 6.45) is 17.4. The topological polar surface area (TPSA) is 298 Å². The minimum absolute atomic E-state index is 0.00617. The van der Waals surface area contributed by atoms with Crippen molar-refractivity contribution in [3.8, 4) is 34.5 Å². The van der Waals surface area contributed by atoms with E-state index >= 15 is 4.79 Å². The van der Waals surface area contributed by atoms with Gasteiger partial charge in [-0.25, -0.2) is 0 Å². The van der Waals surface area contributed by atoms with Gasteiger partial charge in [0.25, 0.3) is 0 Å². The molecule has 0 spiro atoms. The number of rotatable bonds is 27. The van der Waals surface area contributed by atoms with Crippen molar-refractivity contribution in [1.29, 1.82) is 0 Å². The first-order chi connectivity index (χ1) is 41.9. The summed E-state index contributed by atoms with van der Waals surface area (Å²) >= 11 is 0. The van der Waals surface area contributed by atoms with Crippen LogP contribution in [-0.4, -0.2) is 121 Å². The van der Waals surface area contributed by atoms with Crippen molar-refractivity contribution in [3.63, 3.8) is 0 Å². The number of ketones is 4. The van der Waals surface area contributed by atoms with Crippen LogP contribution < -0.4 is 4.74 Å². The summed E-state index contributed by atoms with van der Waals surface area (Å²) in [6, 6.07) is 2.35. The Balaban J connectivity index is 1.09. The molecule has 0 aromatic heterocycles. The first-order valence-corrected chi connectivity index (χ1v) is 31.3. The third-order valence-corrected chi connectivity index (χ3v) is 18.3. The van der Waals surface area contributed by atoms with Crippen LogP contribution >= 0.6 is 0 Å². The van der Waals surface area contributed by atoms with Crippen LogP contribution in [0, 0.1) is 20.8 Å². The fraction of sp³-hybridized carbons (Fsp3) is 0.507. The Labute approximate surface area is 528 Å². The Kier molecular flexibility index (Phi) is 21.5. The molecule has 1 heterocycles. The van der Waals surface area contributed by atoms with Crippen molar-refractivity contribution in [2.75, 3.05) is 6.61 Å².